The minimum absolute atomic E-state index is 0.277. The number of rotatable bonds is 3. The zero-order chi connectivity index (χ0) is 17.8. The van der Waals surface area contributed by atoms with Crippen molar-refractivity contribution in [3.8, 4) is 11.3 Å². The molecule has 4 heterocycles. The summed E-state index contributed by atoms with van der Waals surface area (Å²) in [6.07, 6.45) is 8.21. The predicted octanol–water partition coefficient (Wildman–Crippen LogP) is 3.54. The fourth-order valence-electron chi connectivity index (χ4n) is 3.56. The first-order valence-electron chi connectivity index (χ1n) is 8.95. The standard InChI is InChI=1S/C19H19FN6/c1-11-6-16(23-25-9-12(2)21-18(11)25)14-8-15(20)19-22-17(24-26(19)10-14)7-13-4-3-5-13/h6,8-10,13H,3-5,7H2,1-2H3. The third kappa shape index (κ3) is 2.46. The largest absolute Gasteiger partial charge is 0.232 e. The summed E-state index contributed by atoms with van der Waals surface area (Å²) in [5.41, 5.74) is 4.34. The zero-order valence-electron chi connectivity index (χ0n) is 14.8. The van der Waals surface area contributed by atoms with Crippen LogP contribution in [-0.2, 0) is 6.42 Å². The Morgan fingerprint density at radius 2 is 1.85 bits per heavy atom. The molecule has 0 saturated heterocycles. The SMILES string of the molecule is Cc1cn2nc(-c3cc(F)c4nc(CC5CCC5)nn4c3)cc(C)c2n1. The summed E-state index contributed by atoms with van der Waals surface area (Å²) in [5.74, 6) is 0.984. The smallest absolute Gasteiger partial charge is 0.191 e. The molecule has 1 saturated carbocycles. The molecule has 0 aliphatic heterocycles. The van der Waals surface area contributed by atoms with E-state index in [2.05, 4.69) is 20.2 Å². The van der Waals surface area contributed by atoms with Gasteiger partial charge in [0.25, 0.3) is 0 Å². The Hall–Kier alpha value is -2.83. The van der Waals surface area contributed by atoms with Crippen molar-refractivity contribution < 1.29 is 4.39 Å². The van der Waals surface area contributed by atoms with Gasteiger partial charge in [0, 0.05) is 18.2 Å². The highest BCUT2D eigenvalue weighted by atomic mass is 19.1. The zero-order valence-corrected chi connectivity index (χ0v) is 14.8. The van der Waals surface area contributed by atoms with Gasteiger partial charge in [-0.2, -0.15) is 10.2 Å². The molecule has 0 atom stereocenters. The van der Waals surface area contributed by atoms with Crippen LogP contribution in [-0.4, -0.2) is 29.2 Å². The van der Waals surface area contributed by atoms with Crippen LogP contribution in [0.4, 0.5) is 4.39 Å². The van der Waals surface area contributed by atoms with Crippen molar-refractivity contribution in [2.75, 3.05) is 0 Å². The van der Waals surface area contributed by atoms with E-state index in [0.29, 0.717) is 17.2 Å². The molecular weight excluding hydrogens is 331 g/mol. The Morgan fingerprint density at radius 3 is 2.62 bits per heavy atom. The summed E-state index contributed by atoms with van der Waals surface area (Å²) < 4.78 is 17.9. The van der Waals surface area contributed by atoms with Crippen molar-refractivity contribution >= 4 is 11.3 Å². The molecule has 0 radical (unpaired) electrons. The molecule has 4 aromatic rings. The van der Waals surface area contributed by atoms with Crippen LogP contribution in [0.3, 0.4) is 0 Å². The molecule has 5 rings (SSSR count). The van der Waals surface area contributed by atoms with Crippen molar-refractivity contribution in [3.63, 3.8) is 0 Å². The van der Waals surface area contributed by atoms with Crippen LogP contribution in [0.1, 0.15) is 36.3 Å². The average Bonchev–Trinajstić information content (AvgIpc) is 3.14. The van der Waals surface area contributed by atoms with Crippen LogP contribution in [0.5, 0.6) is 0 Å². The summed E-state index contributed by atoms with van der Waals surface area (Å²) in [7, 11) is 0. The van der Waals surface area contributed by atoms with E-state index >= 15 is 0 Å². The predicted molar refractivity (Wildman–Crippen MR) is 95.4 cm³/mol. The maximum absolute atomic E-state index is 14.6. The molecule has 4 aromatic heterocycles. The van der Waals surface area contributed by atoms with Gasteiger partial charge in [-0.25, -0.2) is 23.4 Å². The molecular formula is C19H19FN6. The quantitative estimate of drug-likeness (QED) is 0.567. The van der Waals surface area contributed by atoms with Gasteiger partial charge >= 0.3 is 0 Å². The van der Waals surface area contributed by atoms with E-state index in [9.17, 15) is 4.39 Å². The fourth-order valence-corrected chi connectivity index (χ4v) is 3.56. The number of hydrogen-bond acceptors (Lipinski definition) is 4. The maximum Gasteiger partial charge on any atom is 0.191 e. The molecule has 26 heavy (non-hydrogen) atoms. The topological polar surface area (TPSA) is 60.4 Å². The van der Waals surface area contributed by atoms with Crippen LogP contribution in [0.2, 0.25) is 0 Å². The molecule has 7 heteroatoms. The first kappa shape index (κ1) is 15.4. The van der Waals surface area contributed by atoms with Gasteiger partial charge in [-0.05, 0) is 37.5 Å². The minimum Gasteiger partial charge on any atom is -0.232 e. The van der Waals surface area contributed by atoms with Gasteiger partial charge in [0.2, 0.25) is 0 Å². The first-order chi connectivity index (χ1) is 12.6. The first-order valence-corrected chi connectivity index (χ1v) is 8.95. The lowest BCUT2D eigenvalue weighted by Gasteiger charge is -2.23. The Bertz CT molecular complexity index is 1140. The van der Waals surface area contributed by atoms with E-state index in [-0.39, 0.29) is 11.5 Å². The molecule has 1 fully saturated rings. The van der Waals surface area contributed by atoms with Crippen molar-refractivity contribution in [2.45, 2.75) is 39.5 Å². The lowest BCUT2D eigenvalue weighted by atomic mass is 9.83. The Kier molecular flexibility index (Phi) is 3.32. The van der Waals surface area contributed by atoms with Gasteiger partial charge in [-0.1, -0.05) is 19.3 Å². The van der Waals surface area contributed by atoms with Gasteiger partial charge in [0.15, 0.2) is 22.9 Å². The lowest BCUT2D eigenvalue weighted by molar-refractivity contribution is 0.309. The van der Waals surface area contributed by atoms with Gasteiger partial charge < -0.3 is 0 Å². The van der Waals surface area contributed by atoms with Crippen LogP contribution in [0, 0.1) is 25.6 Å². The monoisotopic (exact) mass is 350 g/mol. The van der Waals surface area contributed by atoms with E-state index in [4.69, 9.17) is 0 Å². The molecule has 0 amide bonds. The minimum atomic E-state index is -0.378. The number of hydrogen-bond donors (Lipinski definition) is 0. The van der Waals surface area contributed by atoms with E-state index in [1.165, 1.54) is 25.3 Å². The van der Waals surface area contributed by atoms with Gasteiger partial charge in [-0.3, -0.25) is 0 Å². The Labute approximate surface area is 149 Å². The van der Waals surface area contributed by atoms with Crippen molar-refractivity contribution in [1.29, 1.82) is 0 Å². The normalized spacial score (nSPS) is 15.0. The summed E-state index contributed by atoms with van der Waals surface area (Å²) in [6.45, 7) is 3.91. The average molecular weight is 350 g/mol. The van der Waals surface area contributed by atoms with Crippen molar-refractivity contribution in [2.24, 2.45) is 5.92 Å². The lowest BCUT2D eigenvalue weighted by Crippen LogP contribution is -2.14. The van der Waals surface area contributed by atoms with E-state index in [0.717, 1.165) is 29.1 Å². The van der Waals surface area contributed by atoms with Crippen LogP contribution in [0.15, 0.2) is 24.5 Å². The number of pyridine rings is 1. The molecule has 1 aliphatic carbocycles. The maximum atomic E-state index is 14.6. The van der Waals surface area contributed by atoms with E-state index in [1.807, 2.05) is 26.1 Å². The fraction of sp³-hybridized carbons (Fsp3) is 0.368. The van der Waals surface area contributed by atoms with Crippen molar-refractivity contribution in [1.82, 2.24) is 29.2 Å². The number of aryl methyl sites for hydroxylation is 2. The van der Waals surface area contributed by atoms with E-state index < -0.39 is 0 Å². The number of fused-ring (bicyclic) bond motifs is 2. The highest BCUT2D eigenvalue weighted by molar-refractivity contribution is 5.64. The highest BCUT2D eigenvalue weighted by Gasteiger charge is 2.21. The second-order valence-electron chi connectivity index (χ2n) is 7.24. The van der Waals surface area contributed by atoms with Crippen molar-refractivity contribution in [3.05, 3.63) is 47.4 Å². The highest BCUT2D eigenvalue weighted by Crippen LogP contribution is 2.29. The van der Waals surface area contributed by atoms with Crippen LogP contribution < -0.4 is 0 Å². The summed E-state index contributed by atoms with van der Waals surface area (Å²) in [4.78, 5) is 8.84. The van der Waals surface area contributed by atoms with E-state index in [1.54, 1.807) is 15.2 Å². The van der Waals surface area contributed by atoms with Gasteiger partial charge in [-0.15, -0.1) is 0 Å². The third-order valence-electron chi connectivity index (χ3n) is 5.15. The molecule has 0 bridgehead atoms. The number of aromatic nitrogens is 6. The third-order valence-corrected chi connectivity index (χ3v) is 5.15. The molecule has 0 spiro atoms. The second kappa shape index (κ2) is 5.59. The summed E-state index contributed by atoms with van der Waals surface area (Å²) in [6, 6.07) is 3.41. The number of imidazole rings is 1. The summed E-state index contributed by atoms with van der Waals surface area (Å²) >= 11 is 0. The molecule has 6 nitrogen and oxygen atoms in total. The van der Waals surface area contributed by atoms with Gasteiger partial charge in [0.1, 0.15) is 0 Å². The number of nitrogens with zero attached hydrogens (tertiary/aromatic N) is 6. The summed E-state index contributed by atoms with van der Waals surface area (Å²) in [5, 5.41) is 9.07. The van der Waals surface area contributed by atoms with Crippen LogP contribution >= 0.6 is 0 Å². The molecule has 0 N–H and O–H groups in total. The second-order valence-corrected chi connectivity index (χ2v) is 7.24. The Balaban J connectivity index is 1.60. The number of halogens is 1. The van der Waals surface area contributed by atoms with Gasteiger partial charge in [0.05, 0.1) is 17.6 Å². The van der Waals surface area contributed by atoms with Crippen LogP contribution in [0.25, 0.3) is 22.6 Å². The molecule has 0 aromatic carbocycles. The molecule has 132 valence electrons. The molecule has 1 aliphatic rings. The Morgan fingerprint density at radius 1 is 1.04 bits per heavy atom. The molecule has 0 unspecified atom stereocenters.